The number of hydrogen-bond acceptors (Lipinski definition) is 4. The molecule has 2 atom stereocenters. The maximum absolute atomic E-state index is 13.9. The standard InChI is InChI=1S/C33H43FN2O2/c1-24(2)32-21-28(27-14-15-31(34)33(22-27)38-3)16-18-36(32)23-30(37)20-26-10-8-9-25(12-13-26)19-29-11-6-4-5-7-17-35-29/h5,7,11,14-17,21-22,24-26H,4,6,8-10,12-13,18-20,23H2,1-3H3/b7-5-,29-11-,35-17+. The van der Waals surface area contributed by atoms with Crippen molar-refractivity contribution in [2.24, 2.45) is 22.7 Å². The molecular weight excluding hydrogens is 475 g/mol. The van der Waals surface area contributed by atoms with E-state index in [0.29, 0.717) is 37.1 Å². The first kappa shape index (κ1) is 28.1. The number of allylic oxidation sites excluding steroid dienone is 7. The zero-order valence-electron chi connectivity index (χ0n) is 23.3. The van der Waals surface area contributed by atoms with E-state index in [4.69, 9.17) is 4.74 Å². The monoisotopic (exact) mass is 518 g/mol. The van der Waals surface area contributed by atoms with Crippen molar-refractivity contribution in [1.29, 1.82) is 0 Å². The zero-order chi connectivity index (χ0) is 26.9. The molecule has 0 spiro atoms. The van der Waals surface area contributed by atoms with Gasteiger partial charge in [-0.1, -0.05) is 57.4 Å². The van der Waals surface area contributed by atoms with Crippen molar-refractivity contribution in [3.8, 4) is 5.75 Å². The van der Waals surface area contributed by atoms with Crippen LogP contribution in [0.3, 0.4) is 0 Å². The van der Waals surface area contributed by atoms with Gasteiger partial charge in [-0.25, -0.2) is 4.39 Å². The molecule has 5 heteroatoms. The summed E-state index contributed by atoms with van der Waals surface area (Å²) in [7, 11) is 1.48. The second-order valence-corrected chi connectivity index (χ2v) is 11.3. The van der Waals surface area contributed by atoms with Crippen LogP contribution in [0.15, 0.2) is 65.0 Å². The first-order chi connectivity index (χ1) is 18.4. The van der Waals surface area contributed by atoms with Gasteiger partial charge in [0.2, 0.25) is 0 Å². The number of Topliss-reactive ketones (excluding diaryl/α,β-unsaturated/α-hetero) is 1. The van der Waals surface area contributed by atoms with Crippen molar-refractivity contribution >= 4 is 17.6 Å². The summed E-state index contributed by atoms with van der Waals surface area (Å²) < 4.78 is 19.1. The van der Waals surface area contributed by atoms with Gasteiger partial charge in [-0.3, -0.25) is 9.79 Å². The summed E-state index contributed by atoms with van der Waals surface area (Å²) >= 11 is 0. The molecule has 0 N–H and O–H groups in total. The predicted molar refractivity (Wildman–Crippen MR) is 155 cm³/mol. The fourth-order valence-corrected chi connectivity index (χ4v) is 5.94. The molecule has 4 nitrogen and oxygen atoms in total. The molecule has 3 aliphatic rings. The second kappa shape index (κ2) is 13.7. The van der Waals surface area contributed by atoms with Crippen molar-refractivity contribution < 1.29 is 13.9 Å². The Hall–Kier alpha value is -2.95. The third-order valence-electron chi connectivity index (χ3n) is 8.04. The maximum atomic E-state index is 13.9. The predicted octanol–water partition coefficient (Wildman–Crippen LogP) is 7.92. The molecule has 1 saturated carbocycles. The molecule has 38 heavy (non-hydrogen) atoms. The van der Waals surface area contributed by atoms with Crippen LogP contribution in [0.5, 0.6) is 5.75 Å². The number of nitrogens with zero attached hydrogens (tertiary/aromatic N) is 2. The lowest BCUT2D eigenvalue weighted by Crippen LogP contribution is -2.34. The van der Waals surface area contributed by atoms with Gasteiger partial charge in [-0.05, 0) is 85.3 Å². The smallest absolute Gasteiger partial charge is 0.165 e. The molecule has 1 fully saturated rings. The SMILES string of the molecule is COc1cc(C2=CCN(CC(=O)CC3CCCC(CC4=C\CC\C=C/C=N/4)CC3)C(C(C)C)=C2)ccc1F. The van der Waals surface area contributed by atoms with Crippen molar-refractivity contribution in [2.75, 3.05) is 20.2 Å². The highest BCUT2D eigenvalue weighted by Crippen LogP contribution is 2.34. The zero-order valence-corrected chi connectivity index (χ0v) is 23.3. The molecule has 2 unspecified atom stereocenters. The van der Waals surface area contributed by atoms with Gasteiger partial charge in [0, 0.05) is 30.6 Å². The van der Waals surface area contributed by atoms with Crippen molar-refractivity contribution in [3.05, 3.63) is 71.4 Å². The van der Waals surface area contributed by atoms with E-state index in [1.165, 1.54) is 38.1 Å². The summed E-state index contributed by atoms with van der Waals surface area (Å²) in [6.45, 7) is 5.46. The number of aliphatic imine (C=N–C) groups is 1. The summed E-state index contributed by atoms with van der Waals surface area (Å²) in [5.41, 5.74) is 4.37. The second-order valence-electron chi connectivity index (χ2n) is 11.3. The Bertz CT molecular complexity index is 1130. The van der Waals surface area contributed by atoms with E-state index in [2.05, 4.69) is 54.1 Å². The number of carbonyl (C=O) groups is 1. The molecule has 1 aliphatic carbocycles. The molecule has 0 bridgehead atoms. The van der Waals surface area contributed by atoms with Gasteiger partial charge in [0.15, 0.2) is 17.3 Å². The van der Waals surface area contributed by atoms with E-state index in [1.54, 1.807) is 12.1 Å². The van der Waals surface area contributed by atoms with Gasteiger partial charge in [0.05, 0.1) is 13.7 Å². The van der Waals surface area contributed by atoms with Crippen molar-refractivity contribution in [3.63, 3.8) is 0 Å². The van der Waals surface area contributed by atoms with E-state index < -0.39 is 0 Å². The van der Waals surface area contributed by atoms with Crippen LogP contribution in [0, 0.1) is 23.6 Å². The lowest BCUT2D eigenvalue weighted by molar-refractivity contribution is -0.120. The third-order valence-corrected chi connectivity index (χ3v) is 8.04. The van der Waals surface area contributed by atoms with Gasteiger partial charge in [-0.2, -0.15) is 0 Å². The normalized spacial score (nSPS) is 25.3. The topological polar surface area (TPSA) is 41.9 Å². The lowest BCUT2D eigenvalue weighted by atomic mass is 9.91. The van der Waals surface area contributed by atoms with Gasteiger partial charge in [0.25, 0.3) is 0 Å². The lowest BCUT2D eigenvalue weighted by Gasteiger charge is -2.32. The highest BCUT2D eigenvalue weighted by atomic mass is 19.1. The van der Waals surface area contributed by atoms with Crippen molar-refractivity contribution in [2.45, 2.75) is 71.6 Å². The van der Waals surface area contributed by atoms with E-state index in [1.807, 2.05) is 6.21 Å². The summed E-state index contributed by atoms with van der Waals surface area (Å²) in [6, 6.07) is 4.98. The van der Waals surface area contributed by atoms with Crippen LogP contribution in [0.2, 0.25) is 0 Å². The minimum atomic E-state index is -0.361. The van der Waals surface area contributed by atoms with Gasteiger partial charge >= 0.3 is 0 Å². The largest absolute Gasteiger partial charge is 0.494 e. The number of ether oxygens (including phenoxy) is 1. The molecule has 2 aliphatic heterocycles. The van der Waals surface area contributed by atoms with E-state index in [0.717, 1.165) is 48.9 Å². The number of benzene rings is 1. The molecule has 1 aromatic rings. The molecule has 1 aromatic carbocycles. The molecular formula is C33H43FN2O2. The molecule has 4 rings (SSSR count). The number of carbonyl (C=O) groups excluding carboxylic acids is 1. The summed E-state index contributed by atoms with van der Waals surface area (Å²) in [6.07, 6.45) is 22.6. The quantitative estimate of drug-likeness (QED) is 0.312. The van der Waals surface area contributed by atoms with Crippen LogP contribution < -0.4 is 4.74 Å². The van der Waals surface area contributed by atoms with Crippen molar-refractivity contribution in [1.82, 2.24) is 4.90 Å². The maximum Gasteiger partial charge on any atom is 0.165 e. The number of hydrogen-bond donors (Lipinski definition) is 0. The summed E-state index contributed by atoms with van der Waals surface area (Å²) in [5, 5.41) is 0. The van der Waals surface area contributed by atoms with Crippen LogP contribution in [0.25, 0.3) is 5.57 Å². The van der Waals surface area contributed by atoms with Crippen LogP contribution in [0.4, 0.5) is 4.39 Å². The van der Waals surface area contributed by atoms with E-state index in [-0.39, 0.29) is 17.5 Å². The number of halogens is 1. The van der Waals surface area contributed by atoms with Crippen LogP contribution in [0.1, 0.15) is 77.2 Å². The van der Waals surface area contributed by atoms with Crippen LogP contribution in [-0.4, -0.2) is 37.1 Å². The Morgan fingerprint density at radius 1 is 1.13 bits per heavy atom. The minimum absolute atomic E-state index is 0.248. The fraction of sp³-hybridized carbons (Fsp3) is 0.515. The fourth-order valence-electron chi connectivity index (χ4n) is 5.94. The Labute approximate surface area is 228 Å². The number of rotatable bonds is 9. The molecule has 204 valence electrons. The Kier molecular flexibility index (Phi) is 10.1. The Balaban J connectivity index is 1.31. The average molecular weight is 519 g/mol. The average Bonchev–Trinajstić information content (AvgIpc) is 3.10. The molecule has 2 heterocycles. The molecule has 0 radical (unpaired) electrons. The van der Waals surface area contributed by atoms with Crippen LogP contribution >= 0.6 is 0 Å². The van der Waals surface area contributed by atoms with Gasteiger partial charge in [0.1, 0.15) is 0 Å². The Morgan fingerprint density at radius 3 is 2.76 bits per heavy atom. The highest BCUT2D eigenvalue weighted by molar-refractivity contribution is 5.82. The Morgan fingerprint density at radius 2 is 1.95 bits per heavy atom. The molecule has 0 aromatic heterocycles. The molecule has 0 amide bonds. The van der Waals surface area contributed by atoms with Crippen LogP contribution in [-0.2, 0) is 4.79 Å². The number of ketones is 1. The van der Waals surface area contributed by atoms with Gasteiger partial charge < -0.3 is 9.64 Å². The summed E-state index contributed by atoms with van der Waals surface area (Å²) in [5.74, 6) is 1.66. The number of methoxy groups -OCH3 is 1. The van der Waals surface area contributed by atoms with E-state index >= 15 is 0 Å². The minimum Gasteiger partial charge on any atom is -0.494 e. The first-order valence-corrected chi connectivity index (χ1v) is 14.3. The molecule has 0 saturated heterocycles. The summed E-state index contributed by atoms with van der Waals surface area (Å²) in [4.78, 5) is 20.1. The highest BCUT2D eigenvalue weighted by Gasteiger charge is 2.25. The first-order valence-electron chi connectivity index (χ1n) is 14.3. The third kappa shape index (κ3) is 7.78. The van der Waals surface area contributed by atoms with E-state index in [9.17, 15) is 9.18 Å². The van der Waals surface area contributed by atoms with Gasteiger partial charge in [-0.15, -0.1) is 0 Å².